The van der Waals surface area contributed by atoms with Gasteiger partial charge in [0.25, 0.3) is 0 Å². The van der Waals surface area contributed by atoms with Crippen LogP contribution >= 0.6 is 0 Å². The lowest BCUT2D eigenvalue weighted by atomic mass is 9.60. The van der Waals surface area contributed by atoms with Gasteiger partial charge in [0.2, 0.25) is 0 Å². The molecule has 2 atom stereocenters. The molecule has 0 spiro atoms. The number of hydrogen-bond donors (Lipinski definition) is 0. The monoisotopic (exact) mass is 550 g/mol. The molecule has 0 amide bonds. The van der Waals surface area contributed by atoms with Crippen LogP contribution in [0.15, 0.2) is 24.3 Å². The van der Waals surface area contributed by atoms with Gasteiger partial charge in [-0.25, -0.2) is 0 Å². The number of rotatable bonds is 15. The van der Waals surface area contributed by atoms with E-state index in [0.717, 1.165) is 78.0 Å². The van der Waals surface area contributed by atoms with Crippen molar-refractivity contribution in [2.75, 3.05) is 49.2 Å². The number of anilines is 2. The maximum absolute atomic E-state index is 13.8. The molecule has 2 unspecified atom stereocenters. The van der Waals surface area contributed by atoms with Gasteiger partial charge in [-0.05, 0) is 123 Å². The normalized spacial score (nSPS) is 20.4. The van der Waals surface area contributed by atoms with Crippen LogP contribution in [0.4, 0.5) is 11.4 Å². The molecule has 0 heterocycles. The first-order valence-electron chi connectivity index (χ1n) is 15.2. The van der Waals surface area contributed by atoms with Crippen molar-refractivity contribution in [1.29, 1.82) is 0 Å². The molecule has 6 heteroatoms. The highest BCUT2D eigenvalue weighted by Crippen LogP contribution is 2.49. The fourth-order valence-electron chi connectivity index (χ4n) is 6.59. The Labute approximate surface area is 242 Å². The Balaban J connectivity index is 1.83. The highest BCUT2D eigenvalue weighted by atomic mass is 16.5. The highest BCUT2D eigenvalue weighted by molar-refractivity contribution is 5.76. The Morgan fingerprint density at radius 3 is 1.38 bits per heavy atom. The molecular formula is C34H50N2O4-2. The number of hydrogen-bond acceptors (Lipinski definition) is 6. The quantitative estimate of drug-likeness (QED) is 0.299. The maximum Gasteiger partial charge on any atom is 0.155 e. The summed E-state index contributed by atoms with van der Waals surface area (Å²) in [6, 6.07) is 8.57. The summed E-state index contributed by atoms with van der Waals surface area (Å²) in [5, 5.41) is 27.5. The zero-order chi connectivity index (χ0) is 29.6. The first-order chi connectivity index (χ1) is 19.0. The van der Waals surface area contributed by atoms with Crippen molar-refractivity contribution in [3.63, 3.8) is 0 Å². The molecule has 2 aromatic rings. The fraction of sp³-hybridized carbons (Fsp3) is 0.618. The van der Waals surface area contributed by atoms with Gasteiger partial charge in [0.15, 0.2) is 5.78 Å². The van der Waals surface area contributed by atoms with Gasteiger partial charge in [0.1, 0.15) is 6.61 Å². The topological polar surface area (TPSA) is 78.9 Å². The van der Waals surface area contributed by atoms with Crippen LogP contribution in [0.5, 0.6) is 0 Å². The molecule has 0 bridgehead atoms. The van der Waals surface area contributed by atoms with Crippen molar-refractivity contribution in [2.45, 2.75) is 98.7 Å². The minimum atomic E-state index is -0.955. The molecule has 0 aliphatic heterocycles. The average molecular weight is 551 g/mol. The summed E-state index contributed by atoms with van der Waals surface area (Å²) in [4.78, 5) is 15.9. The number of carbonyl (C=O) groups excluding carboxylic acids is 1. The predicted octanol–water partition coefficient (Wildman–Crippen LogP) is 4.71. The van der Waals surface area contributed by atoms with E-state index in [-0.39, 0.29) is 12.4 Å². The van der Waals surface area contributed by atoms with E-state index >= 15 is 0 Å². The zero-order valence-corrected chi connectivity index (χ0v) is 26.0. The van der Waals surface area contributed by atoms with Crippen LogP contribution in [-0.2, 0) is 9.53 Å². The highest BCUT2D eigenvalue weighted by Gasteiger charge is 2.41. The first kappa shape index (κ1) is 32.1. The number of Topliss-reactive ketones (excluding diaryl/α,β-unsaturated/α-hetero) is 1. The lowest BCUT2D eigenvalue weighted by Gasteiger charge is -2.63. The molecular weight excluding hydrogens is 500 g/mol. The van der Waals surface area contributed by atoms with Gasteiger partial charge in [0.05, 0.1) is 6.61 Å². The summed E-state index contributed by atoms with van der Waals surface area (Å²) in [6.07, 6.45) is 1.23. The van der Waals surface area contributed by atoms with E-state index in [0.29, 0.717) is 13.2 Å². The number of aryl methyl sites for hydroxylation is 4. The van der Waals surface area contributed by atoms with Gasteiger partial charge < -0.3 is 24.7 Å². The number of benzene rings is 2. The molecule has 6 nitrogen and oxygen atoms in total. The standard InChI is InChI=1S/C34H50N2O4/c1-9-12-35(13-10-2)27-17-22(4)29(23(5)18-27)31-33(38)32(34(31)39)30-24(6)19-28(20-25(30)7)36(14-11-3)15-16-40-21-26(8)37/h17-20,31-34H,9-16,21H2,1-8H3/q-2. The van der Waals surface area contributed by atoms with E-state index in [4.69, 9.17) is 4.74 Å². The zero-order valence-electron chi connectivity index (χ0n) is 26.0. The van der Waals surface area contributed by atoms with Crippen LogP contribution in [0.1, 0.15) is 92.2 Å². The van der Waals surface area contributed by atoms with Crippen LogP contribution in [0, 0.1) is 27.7 Å². The third kappa shape index (κ3) is 7.07. The number of carbonyl (C=O) groups is 1. The van der Waals surface area contributed by atoms with E-state index in [1.165, 1.54) is 12.6 Å². The number of nitrogens with zero attached hydrogens (tertiary/aromatic N) is 2. The van der Waals surface area contributed by atoms with Crippen molar-refractivity contribution in [1.82, 2.24) is 0 Å². The molecule has 1 aliphatic carbocycles. The van der Waals surface area contributed by atoms with Crippen LogP contribution in [0.3, 0.4) is 0 Å². The van der Waals surface area contributed by atoms with E-state index in [1.54, 1.807) is 0 Å². The lowest BCUT2D eigenvalue weighted by Crippen LogP contribution is -2.64. The minimum Gasteiger partial charge on any atom is -0.851 e. The molecule has 0 aromatic heterocycles. The second kappa shape index (κ2) is 14.5. The van der Waals surface area contributed by atoms with Crippen molar-refractivity contribution in [3.8, 4) is 0 Å². The molecule has 222 valence electrons. The van der Waals surface area contributed by atoms with Crippen molar-refractivity contribution in [3.05, 3.63) is 57.6 Å². The summed E-state index contributed by atoms with van der Waals surface area (Å²) in [7, 11) is 0. The fourth-order valence-corrected chi connectivity index (χ4v) is 6.59. The van der Waals surface area contributed by atoms with Crippen LogP contribution in [0.25, 0.3) is 0 Å². The van der Waals surface area contributed by atoms with Gasteiger partial charge >= 0.3 is 0 Å². The van der Waals surface area contributed by atoms with E-state index in [9.17, 15) is 15.0 Å². The van der Waals surface area contributed by atoms with Crippen LogP contribution < -0.4 is 20.0 Å². The first-order valence-corrected chi connectivity index (χ1v) is 15.2. The average Bonchev–Trinajstić information content (AvgIpc) is 2.89. The largest absolute Gasteiger partial charge is 0.851 e. The van der Waals surface area contributed by atoms with E-state index in [1.807, 2.05) is 13.8 Å². The van der Waals surface area contributed by atoms with Crippen molar-refractivity contribution < 1.29 is 19.7 Å². The Hall–Kier alpha value is -2.41. The van der Waals surface area contributed by atoms with Gasteiger partial charge in [0, 0.05) is 37.6 Å². The molecule has 0 N–H and O–H groups in total. The molecule has 1 aliphatic rings. The Bertz CT molecular complexity index is 1080. The molecule has 1 fully saturated rings. The maximum atomic E-state index is 13.8. The van der Waals surface area contributed by atoms with E-state index < -0.39 is 24.0 Å². The minimum absolute atomic E-state index is 0.0208. The van der Waals surface area contributed by atoms with E-state index in [2.05, 4.69) is 68.7 Å². The van der Waals surface area contributed by atoms with Crippen LogP contribution in [0.2, 0.25) is 0 Å². The number of ketones is 1. The van der Waals surface area contributed by atoms with Gasteiger partial charge in [-0.1, -0.05) is 20.8 Å². The lowest BCUT2D eigenvalue weighted by molar-refractivity contribution is -0.536. The summed E-state index contributed by atoms with van der Waals surface area (Å²) >= 11 is 0. The Morgan fingerprint density at radius 2 is 1.05 bits per heavy atom. The second-order valence-electron chi connectivity index (χ2n) is 11.7. The van der Waals surface area contributed by atoms with Crippen molar-refractivity contribution >= 4 is 17.2 Å². The summed E-state index contributed by atoms with van der Waals surface area (Å²) in [5.41, 5.74) is 8.26. The summed E-state index contributed by atoms with van der Waals surface area (Å²) in [5.74, 6) is -1.03. The van der Waals surface area contributed by atoms with Crippen molar-refractivity contribution in [2.24, 2.45) is 0 Å². The Kier molecular flexibility index (Phi) is 11.6. The summed E-state index contributed by atoms with van der Waals surface area (Å²) in [6.45, 7) is 20.4. The summed E-state index contributed by atoms with van der Waals surface area (Å²) < 4.78 is 5.51. The third-order valence-corrected chi connectivity index (χ3v) is 8.26. The number of ether oxygens (including phenoxy) is 1. The predicted molar refractivity (Wildman–Crippen MR) is 162 cm³/mol. The molecule has 3 rings (SSSR count). The molecule has 2 aromatic carbocycles. The van der Waals surface area contributed by atoms with Gasteiger partial charge in [-0.2, -0.15) is 0 Å². The molecule has 0 saturated heterocycles. The third-order valence-electron chi connectivity index (χ3n) is 8.26. The van der Waals surface area contributed by atoms with Gasteiger partial charge in [-0.15, -0.1) is 12.2 Å². The second-order valence-corrected chi connectivity index (χ2v) is 11.7. The van der Waals surface area contributed by atoms with Crippen LogP contribution in [-0.4, -0.2) is 57.4 Å². The Morgan fingerprint density at radius 1 is 0.700 bits per heavy atom. The SMILES string of the molecule is CCCN(CCC)c1cc(C)c(C2C([O-])C(c3c(C)cc(N(CCC)CCOCC(C)=O)cc3C)C2[O-])c(C)c1. The van der Waals surface area contributed by atoms with Gasteiger partial charge in [-0.3, -0.25) is 4.79 Å². The molecule has 0 radical (unpaired) electrons. The molecule has 1 saturated carbocycles. The smallest absolute Gasteiger partial charge is 0.155 e. The molecule has 40 heavy (non-hydrogen) atoms.